The molecule has 22 heavy (non-hydrogen) atoms. The zero-order valence-electron chi connectivity index (χ0n) is 11.5. The average molecular weight is 416 g/mol. The molecule has 1 aromatic carbocycles. The molecule has 116 valence electrons. The number of rotatable bonds is 5. The van der Waals surface area contributed by atoms with E-state index in [1.54, 1.807) is 12.1 Å². The lowest BCUT2D eigenvalue weighted by Gasteiger charge is -2.12. The second-order valence-corrected chi connectivity index (χ2v) is 5.33. The summed E-state index contributed by atoms with van der Waals surface area (Å²) in [6.45, 7) is 0.361. The fourth-order valence-electron chi connectivity index (χ4n) is 1.80. The smallest absolute Gasteiger partial charge is 0.351 e. The highest BCUT2D eigenvalue weighted by Crippen LogP contribution is 2.14. The van der Waals surface area contributed by atoms with Crippen molar-refractivity contribution < 1.29 is 24.0 Å². The number of benzene rings is 1. The molecule has 8 heteroatoms. The van der Waals surface area contributed by atoms with E-state index in [0.717, 1.165) is 5.56 Å². The first-order valence-corrected chi connectivity index (χ1v) is 8.03. The summed E-state index contributed by atoms with van der Waals surface area (Å²) in [4.78, 5) is 50.6. The molecule has 1 fully saturated rings. The minimum absolute atomic E-state index is 0.0571. The van der Waals surface area contributed by atoms with Crippen LogP contribution in [0.3, 0.4) is 0 Å². The van der Waals surface area contributed by atoms with Gasteiger partial charge in [0.2, 0.25) is 5.91 Å². The number of amides is 3. The van der Waals surface area contributed by atoms with E-state index in [9.17, 15) is 19.2 Å². The third-order valence-corrected chi connectivity index (χ3v) is 3.67. The zero-order valence-corrected chi connectivity index (χ0v) is 13.7. The van der Waals surface area contributed by atoms with Crippen LogP contribution in [0.2, 0.25) is 0 Å². The van der Waals surface area contributed by atoms with E-state index in [2.05, 4.69) is 5.32 Å². The first-order valence-electron chi connectivity index (χ1n) is 6.51. The highest BCUT2D eigenvalue weighted by atomic mass is 127. The molecule has 7 nitrogen and oxygen atoms in total. The van der Waals surface area contributed by atoms with Crippen molar-refractivity contribution in [2.75, 3.05) is 4.43 Å². The Morgan fingerprint density at radius 2 is 1.73 bits per heavy atom. The summed E-state index contributed by atoms with van der Waals surface area (Å²) in [5.41, 5.74) is 1.04. The van der Waals surface area contributed by atoms with Gasteiger partial charge in [0, 0.05) is 19.4 Å². The monoisotopic (exact) mass is 416 g/mol. The third-order valence-electron chi connectivity index (χ3n) is 2.98. The lowest BCUT2D eigenvalue weighted by Crippen LogP contribution is -2.32. The van der Waals surface area contributed by atoms with Crippen molar-refractivity contribution in [2.45, 2.75) is 19.4 Å². The number of alkyl halides is 1. The summed E-state index contributed by atoms with van der Waals surface area (Å²) < 4.78 is 0.375. The highest BCUT2D eigenvalue weighted by Gasteiger charge is 2.33. The van der Waals surface area contributed by atoms with Gasteiger partial charge < -0.3 is 10.2 Å². The Labute approximate surface area is 140 Å². The summed E-state index contributed by atoms with van der Waals surface area (Å²) in [5, 5.41) is 3.22. The Kier molecular flexibility index (Phi) is 5.47. The number of imide groups is 1. The van der Waals surface area contributed by atoms with E-state index in [1.807, 2.05) is 22.6 Å². The molecule has 1 aliphatic rings. The molecule has 0 atom stereocenters. The Hall–Kier alpha value is -1.97. The van der Waals surface area contributed by atoms with Crippen molar-refractivity contribution in [1.29, 1.82) is 0 Å². The predicted octanol–water partition coefficient (Wildman–Crippen LogP) is 0.959. The van der Waals surface area contributed by atoms with Crippen molar-refractivity contribution in [3.8, 4) is 0 Å². The SMILES string of the molecule is O=C(CI)NCc1ccc(C(=O)ON2C(=O)CCC2=O)cc1. The summed E-state index contributed by atoms with van der Waals surface area (Å²) in [6.07, 6.45) is 0.114. The van der Waals surface area contributed by atoms with Crippen LogP contribution in [0.25, 0.3) is 0 Å². The topological polar surface area (TPSA) is 92.8 Å². The van der Waals surface area contributed by atoms with Gasteiger partial charge in [0.25, 0.3) is 11.8 Å². The number of nitrogens with zero attached hydrogens (tertiary/aromatic N) is 1. The van der Waals surface area contributed by atoms with Gasteiger partial charge in [-0.3, -0.25) is 14.4 Å². The van der Waals surface area contributed by atoms with E-state index < -0.39 is 17.8 Å². The zero-order chi connectivity index (χ0) is 16.1. The molecule has 0 aromatic heterocycles. The molecule has 3 amide bonds. The van der Waals surface area contributed by atoms with Gasteiger partial charge in [0.05, 0.1) is 9.99 Å². The Morgan fingerprint density at radius 1 is 1.14 bits per heavy atom. The Bertz CT molecular complexity index is 598. The number of nitrogens with one attached hydrogen (secondary N) is 1. The van der Waals surface area contributed by atoms with Crippen molar-refractivity contribution in [1.82, 2.24) is 10.4 Å². The molecular formula is C14H13IN2O5. The fourth-order valence-corrected chi connectivity index (χ4v) is 2.07. The van der Waals surface area contributed by atoms with E-state index >= 15 is 0 Å². The van der Waals surface area contributed by atoms with Crippen molar-refractivity contribution in [3.05, 3.63) is 35.4 Å². The lowest BCUT2D eigenvalue weighted by atomic mass is 10.1. The maximum atomic E-state index is 11.9. The number of hydrogen-bond donors (Lipinski definition) is 1. The fraction of sp³-hybridized carbons (Fsp3) is 0.286. The molecule has 2 rings (SSSR count). The van der Waals surface area contributed by atoms with Crippen LogP contribution < -0.4 is 5.32 Å². The Morgan fingerprint density at radius 3 is 2.27 bits per heavy atom. The largest absolute Gasteiger partial charge is 0.363 e. The highest BCUT2D eigenvalue weighted by molar-refractivity contribution is 14.1. The third kappa shape index (κ3) is 4.03. The molecule has 1 N–H and O–H groups in total. The quantitative estimate of drug-likeness (QED) is 0.439. The second-order valence-electron chi connectivity index (χ2n) is 4.57. The summed E-state index contributed by atoms with van der Waals surface area (Å²) in [6, 6.07) is 6.35. The normalized spacial score (nSPS) is 14.1. The van der Waals surface area contributed by atoms with Gasteiger partial charge in [-0.05, 0) is 17.7 Å². The maximum Gasteiger partial charge on any atom is 0.363 e. The first-order chi connectivity index (χ1) is 10.5. The standard InChI is InChI=1S/C14H13IN2O5/c15-7-11(18)16-8-9-1-3-10(4-2-9)14(21)22-17-12(19)5-6-13(17)20/h1-4H,5-8H2,(H,16,18). The molecule has 1 heterocycles. The van der Waals surface area contributed by atoms with Crippen molar-refractivity contribution in [3.63, 3.8) is 0 Å². The number of carbonyl (C=O) groups is 4. The molecular weight excluding hydrogens is 403 g/mol. The number of hydroxylamine groups is 2. The van der Waals surface area contributed by atoms with Crippen LogP contribution in [0.5, 0.6) is 0 Å². The number of halogens is 1. The summed E-state index contributed by atoms with van der Waals surface area (Å²) >= 11 is 1.96. The predicted molar refractivity (Wildman–Crippen MR) is 83.7 cm³/mol. The van der Waals surface area contributed by atoms with Gasteiger partial charge in [0.15, 0.2) is 0 Å². The molecule has 1 aliphatic heterocycles. The van der Waals surface area contributed by atoms with Gasteiger partial charge in [-0.2, -0.15) is 0 Å². The molecule has 0 spiro atoms. The average Bonchev–Trinajstić information content (AvgIpc) is 2.84. The molecule has 0 bridgehead atoms. The van der Waals surface area contributed by atoms with Crippen LogP contribution in [0.4, 0.5) is 0 Å². The maximum absolute atomic E-state index is 11.9. The minimum atomic E-state index is -0.772. The van der Waals surface area contributed by atoms with E-state index in [-0.39, 0.29) is 24.3 Å². The van der Waals surface area contributed by atoms with Crippen molar-refractivity contribution >= 4 is 46.3 Å². The van der Waals surface area contributed by atoms with Gasteiger partial charge in [-0.1, -0.05) is 34.7 Å². The number of hydrogen-bond acceptors (Lipinski definition) is 5. The van der Waals surface area contributed by atoms with Crippen LogP contribution >= 0.6 is 22.6 Å². The summed E-state index contributed by atoms with van der Waals surface area (Å²) in [5.74, 6) is -1.88. The minimum Gasteiger partial charge on any atom is -0.351 e. The number of carbonyl (C=O) groups excluding carboxylic acids is 4. The van der Waals surface area contributed by atoms with E-state index in [0.29, 0.717) is 16.0 Å². The van der Waals surface area contributed by atoms with Crippen LogP contribution in [-0.2, 0) is 25.8 Å². The molecule has 0 radical (unpaired) electrons. The van der Waals surface area contributed by atoms with Crippen LogP contribution in [0, 0.1) is 0 Å². The first kappa shape index (κ1) is 16.4. The Balaban J connectivity index is 1.95. The molecule has 0 unspecified atom stereocenters. The van der Waals surface area contributed by atoms with E-state index in [1.165, 1.54) is 12.1 Å². The van der Waals surface area contributed by atoms with Gasteiger partial charge in [-0.15, -0.1) is 5.06 Å². The van der Waals surface area contributed by atoms with Crippen molar-refractivity contribution in [2.24, 2.45) is 0 Å². The van der Waals surface area contributed by atoms with Gasteiger partial charge >= 0.3 is 5.97 Å². The van der Waals surface area contributed by atoms with Crippen LogP contribution in [0.15, 0.2) is 24.3 Å². The van der Waals surface area contributed by atoms with Crippen LogP contribution in [-0.4, -0.2) is 33.2 Å². The molecule has 1 saturated heterocycles. The molecule has 0 aliphatic carbocycles. The molecule has 1 aromatic rings. The summed E-state index contributed by atoms with van der Waals surface area (Å²) in [7, 11) is 0. The van der Waals surface area contributed by atoms with Gasteiger partial charge in [0.1, 0.15) is 0 Å². The molecule has 0 saturated carbocycles. The second kappa shape index (κ2) is 7.34. The van der Waals surface area contributed by atoms with E-state index in [4.69, 9.17) is 4.84 Å². The lowest BCUT2D eigenvalue weighted by molar-refractivity contribution is -0.172. The van der Waals surface area contributed by atoms with Gasteiger partial charge in [-0.25, -0.2) is 4.79 Å². The van der Waals surface area contributed by atoms with Crippen LogP contribution in [0.1, 0.15) is 28.8 Å².